The van der Waals surface area contributed by atoms with Crippen LogP contribution in [0.5, 0.6) is 0 Å². The number of imidazole rings is 1. The minimum absolute atomic E-state index is 0.911. The van der Waals surface area contributed by atoms with Gasteiger partial charge >= 0.3 is 0 Å². The van der Waals surface area contributed by atoms with Crippen molar-refractivity contribution in [3.8, 4) is 0 Å². The van der Waals surface area contributed by atoms with Gasteiger partial charge in [-0.1, -0.05) is 0 Å². The smallest absolute Gasteiger partial charge is 0.0931 e. The van der Waals surface area contributed by atoms with Crippen LogP contribution in [0.2, 0.25) is 0 Å². The number of rotatable bonds is 0. The van der Waals surface area contributed by atoms with E-state index in [9.17, 15) is 0 Å². The van der Waals surface area contributed by atoms with Crippen molar-refractivity contribution in [3.05, 3.63) is 30.2 Å². The van der Waals surface area contributed by atoms with Crippen molar-refractivity contribution < 1.29 is 4.74 Å². The zero-order valence-corrected chi connectivity index (χ0v) is 5.24. The van der Waals surface area contributed by atoms with Crippen LogP contribution in [0.25, 0.3) is 12.2 Å². The molecular formula is C7H6N2O. The Balaban J connectivity index is 2.56. The second kappa shape index (κ2) is 2.02. The van der Waals surface area contributed by atoms with E-state index in [4.69, 9.17) is 4.74 Å². The van der Waals surface area contributed by atoms with Gasteiger partial charge in [-0.2, -0.15) is 0 Å². The van der Waals surface area contributed by atoms with Crippen LogP contribution in [0.3, 0.4) is 0 Å². The minimum atomic E-state index is 0.911. The van der Waals surface area contributed by atoms with E-state index in [1.807, 2.05) is 12.2 Å². The van der Waals surface area contributed by atoms with E-state index in [2.05, 4.69) is 9.97 Å². The van der Waals surface area contributed by atoms with Gasteiger partial charge in [0, 0.05) is 6.08 Å². The average Bonchev–Trinajstić information content (AvgIpc) is 2.28. The highest BCUT2D eigenvalue weighted by atomic mass is 16.5. The van der Waals surface area contributed by atoms with Gasteiger partial charge in [0.2, 0.25) is 0 Å². The first kappa shape index (κ1) is 5.29. The van der Waals surface area contributed by atoms with E-state index in [1.54, 1.807) is 18.9 Å². The summed E-state index contributed by atoms with van der Waals surface area (Å²) in [5.41, 5.74) is 1.89. The van der Waals surface area contributed by atoms with Gasteiger partial charge in [0.1, 0.15) is 0 Å². The normalized spacial score (nSPS) is 14.0. The van der Waals surface area contributed by atoms with Gasteiger partial charge in [0.25, 0.3) is 0 Å². The Hall–Kier alpha value is -1.51. The van der Waals surface area contributed by atoms with Gasteiger partial charge in [0.15, 0.2) is 0 Å². The van der Waals surface area contributed by atoms with Crippen LogP contribution in [0.15, 0.2) is 18.9 Å². The number of hydrogen-bond acceptors (Lipinski definition) is 2. The van der Waals surface area contributed by atoms with Gasteiger partial charge in [-0.15, -0.1) is 0 Å². The third-order valence-corrected chi connectivity index (χ3v) is 1.32. The summed E-state index contributed by atoms with van der Waals surface area (Å²) >= 11 is 0. The van der Waals surface area contributed by atoms with Crippen molar-refractivity contribution in [1.29, 1.82) is 0 Å². The van der Waals surface area contributed by atoms with Crippen LogP contribution in [-0.2, 0) is 4.74 Å². The lowest BCUT2D eigenvalue weighted by Crippen LogP contribution is -1.73. The van der Waals surface area contributed by atoms with Crippen molar-refractivity contribution in [1.82, 2.24) is 9.97 Å². The van der Waals surface area contributed by atoms with Gasteiger partial charge in [-0.25, -0.2) is 4.98 Å². The number of nitrogens with zero attached hydrogens (tertiary/aromatic N) is 1. The summed E-state index contributed by atoms with van der Waals surface area (Å²) in [7, 11) is 0. The van der Waals surface area contributed by atoms with Gasteiger partial charge in [0.05, 0.1) is 30.2 Å². The molecule has 0 saturated heterocycles. The molecule has 1 aromatic heterocycles. The van der Waals surface area contributed by atoms with Gasteiger partial charge in [-0.05, 0) is 6.08 Å². The van der Waals surface area contributed by atoms with Crippen LogP contribution in [0.1, 0.15) is 11.4 Å². The summed E-state index contributed by atoms with van der Waals surface area (Å²) in [5, 5.41) is 0. The molecule has 0 amide bonds. The van der Waals surface area contributed by atoms with Crippen molar-refractivity contribution in [2.75, 3.05) is 0 Å². The Bertz CT molecular complexity index is 259. The lowest BCUT2D eigenvalue weighted by Gasteiger charge is -1.82. The third kappa shape index (κ3) is 0.719. The maximum Gasteiger partial charge on any atom is 0.0931 e. The summed E-state index contributed by atoms with van der Waals surface area (Å²) in [4.78, 5) is 7.01. The number of nitrogens with one attached hydrogen (secondary N) is 1. The first-order valence-electron chi connectivity index (χ1n) is 2.99. The Morgan fingerprint density at radius 1 is 1.30 bits per heavy atom. The van der Waals surface area contributed by atoms with Crippen LogP contribution >= 0.6 is 0 Å². The second-order valence-corrected chi connectivity index (χ2v) is 1.94. The van der Waals surface area contributed by atoms with Crippen LogP contribution in [-0.4, -0.2) is 9.97 Å². The molecule has 0 atom stereocenters. The molecule has 0 unspecified atom stereocenters. The molecule has 2 heterocycles. The molecule has 2 rings (SSSR count). The Kier molecular flexibility index (Phi) is 1.07. The zero-order chi connectivity index (χ0) is 6.81. The van der Waals surface area contributed by atoms with E-state index in [0.717, 1.165) is 11.4 Å². The summed E-state index contributed by atoms with van der Waals surface area (Å²) in [6.07, 6.45) is 8.52. The Morgan fingerprint density at radius 2 is 2.20 bits per heavy atom. The fraction of sp³-hybridized carbons (Fsp3) is 0. The molecular weight excluding hydrogens is 128 g/mol. The molecule has 10 heavy (non-hydrogen) atoms. The molecule has 3 heteroatoms. The molecule has 0 aliphatic carbocycles. The summed E-state index contributed by atoms with van der Waals surface area (Å²) in [5.74, 6) is 0. The monoisotopic (exact) mass is 134 g/mol. The van der Waals surface area contributed by atoms with Crippen molar-refractivity contribution in [2.45, 2.75) is 0 Å². The molecule has 0 aromatic carbocycles. The number of ether oxygens (including phenoxy) is 1. The van der Waals surface area contributed by atoms with Crippen molar-refractivity contribution in [2.24, 2.45) is 0 Å². The topological polar surface area (TPSA) is 37.9 Å². The SMILES string of the molecule is C1=Cc2nc[nH]c2C=CO1. The maximum absolute atomic E-state index is 4.91. The molecule has 0 saturated carbocycles. The molecule has 0 radical (unpaired) electrons. The third-order valence-electron chi connectivity index (χ3n) is 1.32. The molecule has 50 valence electrons. The van der Waals surface area contributed by atoms with Gasteiger partial charge in [-0.3, -0.25) is 0 Å². The van der Waals surface area contributed by atoms with E-state index >= 15 is 0 Å². The van der Waals surface area contributed by atoms with Crippen molar-refractivity contribution >= 4 is 12.2 Å². The van der Waals surface area contributed by atoms with E-state index in [0.29, 0.717) is 0 Å². The predicted molar refractivity (Wildman–Crippen MR) is 37.7 cm³/mol. The molecule has 0 fully saturated rings. The first-order chi connectivity index (χ1) is 4.97. The largest absolute Gasteiger partial charge is 0.472 e. The second-order valence-electron chi connectivity index (χ2n) is 1.94. The quantitative estimate of drug-likeness (QED) is 0.582. The van der Waals surface area contributed by atoms with E-state index in [-0.39, 0.29) is 0 Å². The lowest BCUT2D eigenvalue weighted by atomic mass is 10.3. The fourth-order valence-electron chi connectivity index (χ4n) is 0.838. The minimum Gasteiger partial charge on any atom is -0.472 e. The number of hydrogen-bond donors (Lipinski definition) is 1. The number of H-pyrrole nitrogens is 1. The van der Waals surface area contributed by atoms with E-state index < -0.39 is 0 Å². The fourth-order valence-corrected chi connectivity index (χ4v) is 0.838. The molecule has 1 aliphatic rings. The molecule has 3 nitrogen and oxygen atoms in total. The predicted octanol–water partition coefficient (Wildman–Crippen LogP) is 1.38. The lowest BCUT2D eigenvalue weighted by molar-refractivity contribution is 0.411. The summed E-state index contributed by atoms with van der Waals surface area (Å²) < 4.78 is 4.91. The first-order valence-corrected chi connectivity index (χ1v) is 2.99. The van der Waals surface area contributed by atoms with Crippen molar-refractivity contribution in [3.63, 3.8) is 0 Å². The summed E-state index contributed by atoms with van der Waals surface area (Å²) in [6.45, 7) is 0. The molecule has 1 aromatic rings. The summed E-state index contributed by atoms with van der Waals surface area (Å²) in [6, 6.07) is 0. The molecule has 0 spiro atoms. The molecule has 1 aliphatic heterocycles. The van der Waals surface area contributed by atoms with E-state index in [1.165, 1.54) is 0 Å². The van der Waals surface area contributed by atoms with Crippen LogP contribution in [0, 0.1) is 0 Å². The highest BCUT2D eigenvalue weighted by Gasteiger charge is 1.99. The average molecular weight is 134 g/mol. The zero-order valence-electron chi connectivity index (χ0n) is 5.24. The highest BCUT2D eigenvalue weighted by molar-refractivity contribution is 5.59. The number of fused-ring (bicyclic) bond motifs is 1. The highest BCUT2D eigenvalue weighted by Crippen LogP contribution is 2.10. The Morgan fingerprint density at radius 3 is 3.20 bits per heavy atom. The molecule has 1 N–H and O–H groups in total. The van der Waals surface area contributed by atoms with Crippen LogP contribution < -0.4 is 0 Å². The van der Waals surface area contributed by atoms with Gasteiger partial charge < -0.3 is 9.72 Å². The Labute approximate surface area is 58.0 Å². The molecule has 0 bridgehead atoms. The number of aromatic amines is 1. The standard InChI is InChI=1S/C7H6N2O/c1-3-10-4-2-7-6(1)8-5-9-7/h1-5H,(H,8,9). The number of aromatic nitrogens is 2. The maximum atomic E-state index is 4.91. The van der Waals surface area contributed by atoms with Crippen LogP contribution in [0.4, 0.5) is 0 Å².